The van der Waals surface area contributed by atoms with Gasteiger partial charge >= 0.3 is 0 Å². The van der Waals surface area contributed by atoms with Gasteiger partial charge in [-0.25, -0.2) is 0 Å². The van der Waals surface area contributed by atoms with E-state index in [4.69, 9.17) is 5.73 Å². The summed E-state index contributed by atoms with van der Waals surface area (Å²) in [4.78, 5) is 11.4. The summed E-state index contributed by atoms with van der Waals surface area (Å²) in [6, 6.07) is -0.0424. The number of hydrogen-bond donors (Lipinski definition) is 2. The van der Waals surface area contributed by atoms with E-state index < -0.39 is 0 Å². The van der Waals surface area contributed by atoms with Gasteiger partial charge in [0.1, 0.15) is 0 Å². The molecule has 2 atom stereocenters. The molecule has 0 bridgehead atoms. The maximum atomic E-state index is 11.4. The van der Waals surface area contributed by atoms with Crippen LogP contribution in [0.15, 0.2) is 0 Å². The van der Waals surface area contributed by atoms with Crippen molar-refractivity contribution in [3.63, 3.8) is 0 Å². The van der Waals surface area contributed by atoms with Crippen LogP contribution in [-0.2, 0) is 4.79 Å². The maximum absolute atomic E-state index is 11.4. The number of nitrogens with one attached hydrogen (secondary N) is 1. The van der Waals surface area contributed by atoms with Crippen molar-refractivity contribution in [1.29, 1.82) is 0 Å². The summed E-state index contributed by atoms with van der Waals surface area (Å²) >= 11 is 0. The summed E-state index contributed by atoms with van der Waals surface area (Å²) in [7, 11) is 0. The number of carbonyl (C=O) groups is 1. The van der Waals surface area contributed by atoms with Gasteiger partial charge in [0.2, 0.25) is 5.91 Å². The number of amides is 1. The van der Waals surface area contributed by atoms with Crippen LogP contribution in [0, 0.1) is 5.92 Å². The zero-order chi connectivity index (χ0) is 9.84. The van der Waals surface area contributed by atoms with E-state index in [0.29, 0.717) is 6.42 Å². The van der Waals surface area contributed by atoms with Crippen molar-refractivity contribution in [2.75, 3.05) is 0 Å². The first-order valence-corrected chi connectivity index (χ1v) is 5.19. The van der Waals surface area contributed by atoms with E-state index in [1.165, 1.54) is 12.8 Å². The Bertz CT molecular complexity index is 178. The summed E-state index contributed by atoms with van der Waals surface area (Å²) in [6.07, 6.45) is 4.49. The van der Waals surface area contributed by atoms with Crippen molar-refractivity contribution in [3.05, 3.63) is 0 Å². The zero-order valence-electron chi connectivity index (χ0n) is 8.55. The lowest BCUT2D eigenvalue weighted by molar-refractivity contribution is -0.123. The van der Waals surface area contributed by atoms with Crippen LogP contribution in [0.4, 0.5) is 0 Å². The first-order valence-electron chi connectivity index (χ1n) is 5.19. The van der Waals surface area contributed by atoms with Crippen molar-refractivity contribution in [2.45, 2.75) is 51.6 Å². The molecular formula is C10H20N2O. The molecule has 0 aliphatic heterocycles. The van der Waals surface area contributed by atoms with Crippen molar-refractivity contribution in [2.24, 2.45) is 11.7 Å². The molecule has 3 nitrogen and oxygen atoms in total. The van der Waals surface area contributed by atoms with E-state index in [1.54, 1.807) is 0 Å². The summed E-state index contributed by atoms with van der Waals surface area (Å²) in [6.45, 7) is 3.98. The molecule has 0 spiro atoms. The monoisotopic (exact) mass is 184 g/mol. The van der Waals surface area contributed by atoms with Gasteiger partial charge in [-0.3, -0.25) is 4.79 Å². The molecule has 1 fully saturated rings. The summed E-state index contributed by atoms with van der Waals surface area (Å²) in [5.74, 6) is 0.851. The molecule has 0 aromatic carbocycles. The number of rotatable bonds is 5. The topological polar surface area (TPSA) is 55.1 Å². The van der Waals surface area contributed by atoms with Crippen molar-refractivity contribution in [1.82, 2.24) is 5.32 Å². The van der Waals surface area contributed by atoms with Gasteiger partial charge in [-0.1, -0.05) is 19.8 Å². The highest BCUT2D eigenvalue weighted by Gasteiger charge is 2.24. The molecule has 1 saturated carbocycles. The molecule has 2 unspecified atom stereocenters. The molecule has 13 heavy (non-hydrogen) atoms. The average Bonchev–Trinajstić information content (AvgIpc) is 2.86. The molecule has 3 heteroatoms. The highest BCUT2D eigenvalue weighted by atomic mass is 16.2. The predicted molar refractivity (Wildman–Crippen MR) is 53.2 cm³/mol. The molecule has 0 radical (unpaired) electrons. The minimum Gasteiger partial charge on any atom is -0.352 e. The molecule has 1 aliphatic rings. The van der Waals surface area contributed by atoms with E-state index in [0.717, 1.165) is 12.3 Å². The molecule has 1 aliphatic carbocycles. The molecular weight excluding hydrogens is 164 g/mol. The lowest BCUT2D eigenvalue weighted by atomic mass is 10.1. The Morgan fingerprint density at radius 1 is 1.62 bits per heavy atom. The molecule has 0 heterocycles. The summed E-state index contributed by atoms with van der Waals surface area (Å²) in [5, 5.41) is 2.94. The van der Waals surface area contributed by atoms with E-state index in [2.05, 4.69) is 12.2 Å². The van der Waals surface area contributed by atoms with Gasteiger partial charge in [-0.05, 0) is 25.7 Å². The third-order valence-electron chi connectivity index (χ3n) is 2.55. The minimum absolute atomic E-state index is 0.00403. The largest absolute Gasteiger partial charge is 0.352 e. The van der Waals surface area contributed by atoms with Crippen LogP contribution in [0.1, 0.15) is 39.5 Å². The number of hydrogen-bond acceptors (Lipinski definition) is 2. The van der Waals surface area contributed by atoms with Crippen LogP contribution < -0.4 is 11.1 Å². The second-order valence-corrected chi connectivity index (χ2v) is 4.10. The Hall–Kier alpha value is -0.570. The molecule has 3 N–H and O–H groups in total. The first kappa shape index (κ1) is 10.5. The van der Waals surface area contributed by atoms with Crippen LogP contribution in [0.2, 0.25) is 0 Å². The van der Waals surface area contributed by atoms with Gasteiger partial charge in [0.05, 0.1) is 6.04 Å². The van der Waals surface area contributed by atoms with Gasteiger partial charge in [0, 0.05) is 6.04 Å². The zero-order valence-corrected chi connectivity index (χ0v) is 8.55. The lowest BCUT2D eigenvalue weighted by Crippen LogP contribution is -2.44. The lowest BCUT2D eigenvalue weighted by Gasteiger charge is -2.16. The van der Waals surface area contributed by atoms with Crippen molar-refractivity contribution < 1.29 is 4.79 Å². The van der Waals surface area contributed by atoms with Crippen LogP contribution in [-0.4, -0.2) is 18.0 Å². The second-order valence-electron chi connectivity index (χ2n) is 4.10. The summed E-state index contributed by atoms with van der Waals surface area (Å²) in [5.41, 5.74) is 5.60. The highest BCUT2D eigenvalue weighted by molar-refractivity contribution is 5.81. The van der Waals surface area contributed by atoms with Crippen LogP contribution >= 0.6 is 0 Å². The van der Waals surface area contributed by atoms with E-state index in [9.17, 15) is 4.79 Å². The van der Waals surface area contributed by atoms with Gasteiger partial charge in [-0.2, -0.15) is 0 Å². The van der Waals surface area contributed by atoms with Gasteiger partial charge in [-0.15, -0.1) is 0 Å². The minimum atomic E-state index is -0.332. The Kier molecular flexibility index (Phi) is 3.72. The molecule has 1 amide bonds. The predicted octanol–water partition coefficient (Wildman–Crippen LogP) is 1.03. The normalized spacial score (nSPS) is 20.8. The quantitative estimate of drug-likeness (QED) is 0.670. The van der Waals surface area contributed by atoms with E-state index >= 15 is 0 Å². The first-order chi connectivity index (χ1) is 6.13. The Morgan fingerprint density at radius 2 is 2.23 bits per heavy atom. The third-order valence-corrected chi connectivity index (χ3v) is 2.55. The molecule has 0 aromatic rings. The Balaban J connectivity index is 2.17. The number of carbonyl (C=O) groups excluding carboxylic acids is 1. The standard InChI is InChI=1S/C10H20N2O/c1-3-9(11)10(13)12-7(2)6-8-4-5-8/h7-9H,3-6,11H2,1-2H3,(H,12,13). The molecule has 1 rings (SSSR count). The second kappa shape index (κ2) is 4.61. The molecule has 76 valence electrons. The fourth-order valence-corrected chi connectivity index (χ4v) is 1.45. The molecule has 0 aromatic heterocycles. The van der Waals surface area contributed by atoms with Crippen LogP contribution in [0.5, 0.6) is 0 Å². The van der Waals surface area contributed by atoms with Crippen molar-refractivity contribution >= 4 is 5.91 Å². The molecule has 0 saturated heterocycles. The van der Waals surface area contributed by atoms with Gasteiger partial charge in [0.25, 0.3) is 0 Å². The Labute approximate surface area is 80.1 Å². The SMILES string of the molecule is CCC(N)C(=O)NC(C)CC1CC1. The maximum Gasteiger partial charge on any atom is 0.237 e. The fraction of sp³-hybridized carbons (Fsp3) is 0.900. The summed E-state index contributed by atoms with van der Waals surface area (Å²) < 4.78 is 0. The van der Waals surface area contributed by atoms with E-state index in [1.807, 2.05) is 6.92 Å². The average molecular weight is 184 g/mol. The highest BCUT2D eigenvalue weighted by Crippen LogP contribution is 2.33. The Morgan fingerprint density at radius 3 is 2.69 bits per heavy atom. The van der Waals surface area contributed by atoms with Crippen molar-refractivity contribution in [3.8, 4) is 0 Å². The van der Waals surface area contributed by atoms with Crippen LogP contribution in [0.3, 0.4) is 0 Å². The third kappa shape index (κ3) is 3.77. The van der Waals surface area contributed by atoms with Gasteiger partial charge in [0.15, 0.2) is 0 Å². The van der Waals surface area contributed by atoms with E-state index in [-0.39, 0.29) is 18.0 Å². The smallest absolute Gasteiger partial charge is 0.237 e. The van der Waals surface area contributed by atoms with Gasteiger partial charge < -0.3 is 11.1 Å². The fourth-order valence-electron chi connectivity index (χ4n) is 1.45. The number of nitrogens with two attached hydrogens (primary N) is 1. The van der Waals surface area contributed by atoms with Crippen LogP contribution in [0.25, 0.3) is 0 Å².